The van der Waals surface area contributed by atoms with Gasteiger partial charge in [0.25, 0.3) is 0 Å². The molecule has 0 aromatic carbocycles. The summed E-state index contributed by atoms with van der Waals surface area (Å²) in [7, 11) is 0. The molecule has 1 aliphatic rings. The number of nitrogens with zero attached hydrogens (tertiary/aromatic N) is 2. The van der Waals surface area contributed by atoms with Gasteiger partial charge in [-0.3, -0.25) is 0 Å². The third-order valence-corrected chi connectivity index (χ3v) is 6.29. The lowest BCUT2D eigenvalue weighted by atomic mass is 9.77. The second-order valence-corrected chi connectivity index (χ2v) is 9.05. The van der Waals surface area contributed by atoms with Crippen LogP contribution in [0.2, 0.25) is 0 Å². The first kappa shape index (κ1) is 24.5. The van der Waals surface area contributed by atoms with Crippen molar-refractivity contribution in [2.24, 2.45) is 17.8 Å². The fraction of sp³-hybridized carbons (Fsp3) is 0.720. The third-order valence-electron chi connectivity index (χ3n) is 6.29. The van der Waals surface area contributed by atoms with Crippen LogP contribution in [-0.4, -0.2) is 34.3 Å². The van der Waals surface area contributed by atoms with Crippen LogP contribution in [0, 0.1) is 17.8 Å². The number of unbranched alkanes of at least 4 members (excludes halogenated alkanes) is 2. The molecule has 1 aromatic heterocycles. The zero-order valence-electron chi connectivity index (χ0n) is 18.9. The molecule has 0 aliphatic heterocycles. The van der Waals surface area contributed by atoms with E-state index < -0.39 is 0 Å². The fourth-order valence-electron chi connectivity index (χ4n) is 4.29. The Kier molecular flexibility index (Phi) is 11.1. The number of esters is 1. The van der Waals surface area contributed by atoms with Gasteiger partial charge in [-0.05, 0) is 50.0 Å². The van der Waals surface area contributed by atoms with E-state index in [1.807, 2.05) is 12.4 Å². The maximum atomic E-state index is 11.6. The molecule has 168 valence electrons. The topological polar surface area (TPSA) is 72.3 Å². The zero-order chi connectivity index (χ0) is 21.8. The smallest absolute Gasteiger partial charge is 0.333 e. The van der Waals surface area contributed by atoms with Crippen LogP contribution >= 0.6 is 0 Å². The molecule has 0 saturated heterocycles. The van der Waals surface area contributed by atoms with E-state index in [4.69, 9.17) is 4.74 Å². The lowest BCUT2D eigenvalue weighted by Gasteiger charge is -2.30. The van der Waals surface area contributed by atoms with E-state index in [9.17, 15) is 9.90 Å². The molecule has 0 amide bonds. The van der Waals surface area contributed by atoms with E-state index in [1.165, 1.54) is 50.5 Å². The van der Waals surface area contributed by atoms with E-state index in [2.05, 4.69) is 23.5 Å². The highest BCUT2D eigenvalue weighted by Gasteiger charge is 2.24. The monoisotopic (exact) mass is 416 g/mol. The number of carbonyl (C=O) groups is 1. The molecule has 1 aromatic rings. The molecule has 0 radical (unpaired) electrons. The van der Waals surface area contributed by atoms with Gasteiger partial charge in [0.2, 0.25) is 0 Å². The van der Waals surface area contributed by atoms with Gasteiger partial charge in [-0.15, -0.1) is 0 Å². The Balaban J connectivity index is 1.65. The summed E-state index contributed by atoms with van der Waals surface area (Å²) in [5.74, 6) is 1.98. The van der Waals surface area contributed by atoms with Gasteiger partial charge in [0.15, 0.2) is 0 Å². The predicted octanol–water partition coefficient (Wildman–Crippen LogP) is 5.07. The number of rotatable bonds is 13. The van der Waals surface area contributed by atoms with Crippen LogP contribution in [-0.2, 0) is 22.4 Å². The molecule has 0 bridgehead atoms. The number of carbonyl (C=O) groups excluding carboxylic acids is 1. The van der Waals surface area contributed by atoms with Crippen molar-refractivity contribution in [1.29, 1.82) is 0 Å². The summed E-state index contributed by atoms with van der Waals surface area (Å²) in [5, 5.41) is 9.62. The number of hydrogen-bond acceptors (Lipinski definition) is 5. The van der Waals surface area contributed by atoms with Crippen LogP contribution in [0.25, 0.3) is 0 Å². The van der Waals surface area contributed by atoms with E-state index >= 15 is 0 Å². The van der Waals surface area contributed by atoms with Gasteiger partial charge in [0.05, 0.1) is 6.61 Å². The van der Waals surface area contributed by atoms with Crippen LogP contribution in [0.3, 0.4) is 0 Å². The normalized spacial score (nSPS) is 20.0. The lowest BCUT2D eigenvalue weighted by molar-refractivity contribution is -0.140. The molecule has 5 nitrogen and oxygen atoms in total. The average molecular weight is 417 g/mol. The molecule has 1 fully saturated rings. The molecule has 5 heteroatoms. The molecule has 1 saturated carbocycles. The standard InChI is InChI=1S/C25H40N2O3/c1-4-5-6-7-22-15-26-24(27-16-22)13-12-20-8-10-21(11-9-20)14-23(17-28)18-30-25(29)19(2)3/h15-16,20-21,23,28H,2,4-14,17-18H2,1,3H3. The molecule has 1 aliphatic carbocycles. The van der Waals surface area contributed by atoms with E-state index in [1.54, 1.807) is 6.92 Å². The highest BCUT2D eigenvalue weighted by atomic mass is 16.5. The largest absolute Gasteiger partial charge is 0.462 e. The fourth-order valence-corrected chi connectivity index (χ4v) is 4.29. The van der Waals surface area contributed by atoms with Gasteiger partial charge >= 0.3 is 5.97 Å². The van der Waals surface area contributed by atoms with Crippen LogP contribution in [0.4, 0.5) is 0 Å². The molecular weight excluding hydrogens is 376 g/mol. The van der Waals surface area contributed by atoms with Crippen LogP contribution in [0.5, 0.6) is 0 Å². The second kappa shape index (κ2) is 13.5. The van der Waals surface area contributed by atoms with Gasteiger partial charge < -0.3 is 9.84 Å². The van der Waals surface area contributed by atoms with Crippen LogP contribution in [0.1, 0.15) is 83.0 Å². The Morgan fingerprint density at radius 3 is 2.43 bits per heavy atom. The van der Waals surface area contributed by atoms with Crippen molar-refractivity contribution >= 4 is 5.97 Å². The van der Waals surface area contributed by atoms with Gasteiger partial charge in [0.1, 0.15) is 5.82 Å². The van der Waals surface area contributed by atoms with E-state index in [0.717, 1.165) is 37.4 Å². The quantitative estimate of drug-likeness (QED) is 0.276. The Hall–Kier alpha value is -1.75. The van der Waals surface area contributed by atoms with Crippen LogP contribution in [0.15, 0.2) is 24.5 Å². The molecule has 1 atom stereocenters. The summed E-state index contributed by atoms with van der Waals surface area (Å²) in [4.78, 5) is 20.7. The number of aromatic nitrogens is 2. The predicted molar refractivity (Wildman–Crippen MR) is 120 cm³/mol. The first-order chi connectivity index (χ1) is 14.5. The molecule has 2 rings (SSSR count). The summed E-state index contributed by atoms with van der Waals surface area (Å²) in [6.45, 7) is 7.81. The van der Waals surface area contributed by atoms with Gasteiger partial charge in [-0.1, -0.05) is 52.0 Å². The Morgan fingerprint density at radius 2 is 1.83 bits per heavy atom. The number of ether oxygens (including phenoxy) is 1. The lowest BCUT2D eigenvalue weighted by Crippen LogP contribution is -2.23. The Bertz CT molecular complexity index is 636. The van der Waals surface area contributed by atoms with Crippen LogP contribution < -0.4 is 0 Å². The van der Waals surface area contributed by atoms with Crippen molar-refractivity contribution in [2.45, 2.75) is 84.5 Å². The maximum Gasteiger partial charge on any atom is 0.333 e. The summed E-state index contributed by atoms with van der Waals surface area (Å²) in [5.41, 5.74) is 1.65. The molecule has 30 heavy (non-hydrogen) atoms. The number of aliphatic hydroxyl groups excluding tert-OH is 1. The maximum absolute atomic E-state index is 11.6. The first-order valence-corrected chi connectivity index (χ1v) is 11.7. The Labute approximate surface area is 182 Å². The van der Waals surface area contributed by atoms with Crippen molar-refractivity contribution < 1.29 is 14.6 Å². The molecular formula is C25H40N2O3. The summed E-state index contributed by atoms with van der Waals surface area (Å²) in [6, 6.07) is 0. The number of aryl methyl sites for hydroxylation is 2. The third kappa shape index (κ3) is 8.95. The minimum absolute atomic E-state index is 0.0269. The molecule has 1 heterocycles. The SMILES string of the molecule is C=C(C)C(=O)OCC(CO)CC1CCC(CCc2ncc(CCCCC)cn2)CC1. The zero-order valence-corrected chi connectivity index (χ0v) is 18.9. The summed E-state index contributed by atoms with van der Waals surface area (Å²) < 4.78 is 5.23. The van der Waals surface area contributed by atoms with E-state index in [-0.39, 0.29) is 25.1 Å². The van der Waals surface area contributed by atoms with Crippen molar-refractivity contribution in [3.05, 3.63) is 35.9 Å². The molecule has 1 N–H and O–H groups in total. The van der Waals surface area contributed by atoms with Gasteiger partial charge in [0, 0.05) is 36.9 Å². The summed E-state index contributed by atoms with van der Waals surface area (Å²) >= 11 is 0. The molecule has 1 unspecified atom stereocenters. The number of aliphatic hydroxyl groups is 1. The summed E-state index contributed by atoms with van der Waals surface area (Å²) in [6.07, 6.45) is 16.7. The highest BCUT2D eigenvalue weighted by Crippen LogP contribution is 2.34. The van der Waals surface area contributed by atoms with Gasteiger partial charge in [-0.2, -0.15) is 0 Å². The second-order valence-electron chi connectivity index (χ2n) is 9.05. The molecule has 0 spiro atoms. The van der Waals surface area contributed by atoms with Crippen molar-refractivity contribution in [2.75, 3.05) is 13.2 Å². The Morgan fingerprint density at radius 1 is 1.17 bits per heavy atom. The van der Waals surface area contributed by atoms with Gasteiger partial charge in [-0.25, -0.2) is 14.8 Å². The highest BCUT2D eigenvalue weighted by molar-refractivity contribution is 5.86. The van der Waals surface area contributed by atoms with Crippen molar-refractivity contribution in [3.63, 3.8) is 0 Å². The van der Waals surface area contributed by atoms with E-state index in [0.29, 0.717) is 11.5 Å². The minimum atomic E-state index is -0.367. The van der Waals surface area contributed by atoms with Crippen molar-refractivity contribution in [1.82, 2.24) is 9.97 Å². The first-order valence-electron chi connectivity index (χ1n) is 11.7. The number of hydrogen-bond donors (Lipinski definition) is 1. The average Bonchev–Trinajstić information content (AvgIpc) is 2.76. The van der Waals surface area contributed by atoms with Crippen molar-refractivity contribution in [3.8, 4) is 0 Å². The minimum Gasteiger partial charge on any atom is -0.462 e.